The number of carbonyl (C=O) groups excluding carboxylic acids is 1. The van der Waals surface area contributed by atoms with E-state index in [4.69, 9.17) is 7.85 Å². The van der Waals surface area contributed by atoms with Crippen molar-refractivity contribution in [2.45, 2.75) is 6.92 Å². The standard InChI is InChI=1S/C6H7BN2O2/c1-2-11-6(10)4-3-5(7)9-8-4/h3H,2H2,1H3,(H,8,9). The van der Waals surface area contributed by atoms with E-state index in [-0.39, 0.29) is 5.69 Å². The number of nitrogens with zero attached hydrogens (tertiary/aromatic N) is 1. The van der Waals surface area contributed by atoms with Crippen LogP contribution < -0.4 is 5.59 Å². The predicted octanol–water partition coefficient (Wildman–Crippen LogP) is -0.620. The van der Waals surface area contributed by atoms with Crippen LogP contribution in [0.4, 0.5) is 0 Å². The molecule has 0 aromatic carbocycles. The van der Waals surface area contributed by atoms with Gasteiger partial charge >= 0.3 is 5.97 Å². The number of rotatable bonds is 2. The van der Waals surface area contributed by atoms with Gasteiger partial charge in [0.1, 0.15) is 7.85 Å². The maximum atomic E-state index is 10.9. The molecule has 4 nitrogen and oxygen atoms in total. The first-order valence-electron chi connectivity index (χ1n) is 3.22. The topological polar surface area (TPSA) is 55.0 Å². The van der Waals surface area contributed by atoms with Crippen molar-refractivity contribution in [3.63, 3.8) is 0 Å². The van der Waals surface area contributed by atoms with Crippen LogP contribution in [-0.4, -0.2) is 30.6 Å². The Hall–Kier alpha value is -1.26. The van der Waals surface area contributed by atoms with E-state index in [1.807, 2.05) is 0 Å². The molecule has 56 valence electrons. The zero-order valence-electron chi connectivity index (χ0n) is 6.13. The second kappa shape index (κ2) is 3.23. The van der Waals surface area contributed by atoms with E-state index in [1.54, 1.807) is 6.92 Å². The summed E-state index contributed by atoms with van der Waals surface area (Å²) >= 11 is 0. The van der Waals surface area contributed by atoms with E-state index in [0.29, 0.717) is 12.2 Å². The van der Waals surface area contributed by atoms with Crippen LogP contribution in [-0.2, 0) is 4.74 Å². The van der Waals surface area contributed by atoms with E-state index in [0.717, 1.165) is 0 Å². The van der Waals surface area contributed by atoms with Crippen molar-refractivity contribution in [2.75, 3.05) is 6.61 Å². The Balaban J connectivity index is 2.69. The van der Waals surface area contributed by atoms with Crippen LogP contribution in [0.1, 0.15) is 17.4 Å². The van der Waals surface area contributed by atoms with E-state index in [9.17, 15) is 4.79 Å². The molecule has 11 heavy (non-hydrogen) atoms. The molecule has 0 unspecified atom stereocenters. The summed E-state index contributed by atoms with van der Waals surface area (Å²) in [6, 6.07) is 1.43. The molecule has 1 rings (SSSR count). The molecule has 0 fully saturated rings. The third kappa shape index (κ3) is 1.83. The Morgan fingerprint density at radius 2 is 2.64 bits per heavy atom. The van der Waals surface area contributed by atoms with Crippen LogP contribution in [0.25, 0.3) is 0 Å². The molecule has 5 heteroatoms. The number of esters is 1. The van der Waals surface area contributed by atoms with Crippen LogP contribution in [0.15, 0.2) is 6.07 Å². The fourth-order valence-electron chi connectivity index (χ4n) is 0.646. The highest BCUT2D eigenvalue weighted by molar-refractivity contribution is 6.30. The Labute approximate surface area is 65.4 Å². The second-order valence-corrected chi connectivity index (χ2v) is 1.93. The van der Waals surface area contributed by atoms with Crippen LogP contribution in [0.5, 0.6) is 0 Å². The van der Waals surface area contributed by atoms with Gasteiger partial charge in [0.25, 0.3) is 0 Å². The molecule has 0 saturated carbocycles. The average Bonchev–Trinajstić information content (AvgIpc) is 2.36. The van der Waals surface area contributed by atoms with Crippen LogP contribution >= 0.6 is 0 Å². The highest BCUT2D eigenvalue weighted by atomic mass is 16.5. The van der Waals surface area contributed by atoms with Crippen LogP contribution in [0.3, 0.4) is 0 Å². The molecule has 0 bridgehead atoms. The normalized spacial score (nSPS) is 9.55. The minimum atomic E-state index is -0.458. The highest BCUT2D eigenvalue weighted by Gasteiger charge is 2.08. The average molecular weight is 150 g/mol. The second-order valence-electron chi connectivity index (χ2n) is 1.93. The Morgan fingerprint density at radius 1 is 1.91 bits per heavy atom. The summed E-state index contributed by atoms with van der Waals surface area (Å²) in [5.41, 5.74) is 0.567. The van der Waals surface area contributed by atoms with Gasteiger partial charge in [0.05, 0.1) is 6.61 Å². The van der Waals surface area contributed by atoms with E-state index < -0.39 is 5.97 Å². The fraction of sp³-hybridized carbons (Fsp3) is 0.333. The number of aromatic nitrogens is 2. The SMILES string of the molecule is [B]c1cc(C(=O)OCC)n[nH]1. The summed E-state index contributed by atoms with van der Waals surface area (Å²) in [4.78, 5) is 10.9. The van der Waals surface area contributed by atoms with E-state index in [2.05, 4.69) is 14.9 Å². The fourth-order valence-corrected chi connectivity index (χ4v) is 0.646. The zero-order chi connectivity index (χ0) is 8.27. The van der Waals surface area contributed by atoms with Gasteiger partial charge in [0, 0.05) is 0 Å². The number of ether oxygens (including phenoxy) is 1. The zero-order valence-corrected chi connectivity index (χ0v) is 6.13. The van der Waals surface area contributed by atoms with Gasteiger partial charge in [0.15, 0.2) is 5.69 Å². The van der Waals surface area contributed by atoms with Gasteiger partial charge in [0.2, 0.25) is 0 Å². The minimum Gasteiger partial charge on any atom is -0.461 e. The van der Waals surface area contributed by atoms with Gasteiger partial charge < -0.3 is 4.74 Å². The molecule has 0 aliphatic rings. The molecular formula is C6H7BN2O2. The Morgan fingerprint density at radius 3 is 3.09 bits per heavy atom. The number of hydrogen-bond donors (Lipinski definition) is 1. The van der Waals surface area contributed by atoms with E-state index >= 15 is 0 Å². The van der Waals surface area contributed by atoms with Crippen LogP contribution in [0.2, 0.25) is 0 Å². The lowest BCUT2D eigenvalue weighted by Crippen LogP contribution is -2.05. The lowest BCUT2D eigenvalue weighted by molar-refractivity contribution is 0.0519. The number of H-pyrrole nitrogens is 1. The largest absolute Gasteiger partial charge is 0.461 e. The molecule has 0 aliphatic heterocycles. The minimum absolute atomic E-state index is 0.212. The van der Waals surface area contributed by atoms with Crippen molar-refractivity contribution in [3.8, 4) is 0 Å². The molecule has 0 aliphatic carbocycles. The summed E-state index contributed by atoms with van der Waals surface area (Å²) in [7, 11) is 5.29. The molecule has 2 radical (unpaired) electrons. The maximum Gasteiger partial charge on any atom is 0.358 e. The van der Waals surface area contributed by atoms with Crippen molar-refractivity contribution in [1.29, 1.82) is 0 Å². The predicted molar refractivity (Wildman–Crippen MR) is 39.9 cm³/mol. The van der Waals surface area contributed by atoms with Crippen molar-refractivity contribution in [3.05, 3.63) is 11.8 Å². The van der Waals surface area contributed by atoms with Gasteiger partial charge in [-0.3, -0.25) is 5.10 Å². The first kappa shape index (κ1) is 7.85. The van der Waals surface area contributed by atoms with Crippen LogP contribution in [0, 0.1) is 0 Å². The first-order chi connectivity index (χ1) is 5.24. The summed E-state index contributed by atoms with van der Waals surface area (Å²) in [5, 5.41) is 6.04. The molecule has 0 atom stereocenters. The number of nitrogens with one attached hydrogen (secondary N) is 1. The maximum absolute atomic E-state index is 10.9. The van der Waals surface area contributed by atoms with Gasteiger partial charge in [-0.1, -0.05) is 0 Å². The number of carbonyl (C=O) groups is 1. The molecule has 0 spiro atoms. The lowest BCUT2D eigenvalue weighted by Gasteiger charge is -1.94. The summed E-state index contributed by atoms with van der Waals surface area (Å²) in [6.45, 7) is 2.07. The van der Waals surface area contributed by atoms with Gasteiger partial charge in [-0.05, 0) is 18.6 Å². The summed E-state index contributed by atoms with van der Waals surface area (Å²) in [6.07, 6.45) is 0. The first-order valence-corrected chi connectivity index (χ1v) is 3.22. The molecule has 1 N–H and O–H groups in total. The number of aromatic amines is 1. The van der Waals surface area contributed by atoms with Crippen molar-refractivity contribution < 1.29 is 9.53 Å². The lowest BCUT2D eigenvalue weighted by atomic mass is 10.1. The molecular weight excluding hydrogens is 143 g/mol. The van der Waals surface area contributed by atoms with Crippen molar-refractivity contribution >= 4 is 19.4 Å². The highest BCUT2D eigenvalue weighted by Crippen LogP contribution is 1.92. The molecule has 0 saturated heterocycles. The molecule has 0 amide bonds. The smallest absolute Gasteiger partial charge is 0.358 e. The quantitative estimate of drug-likeness (QED) is 0.451. The molecule has 1 heterocycles. The third-order valence-corrected chi connectivity index (χ3v) is 1.08. The number of hydrogen-bond acceptors (Lipinski definition) is 3. The Kier molecular flexibility index (Phi) is 2.30. The molecule has 1 aromatic heterocycles. The van der Waals surface area contributed by atoms with Crippen molar-refractivity contribution in [1.82, 2.24) is 10.2 Å². The third-order valence-electron chi connectivity index (χ3n) is 1.08. The van der Waals surface area contributed by atoms with Crippen molar-refractivity contribution in [2.24, 2.45) is 0 Å². The Bertz CT molecular complexity index is 259. The monoisotopic (exact) mass is 150 g/mol. The summed E-state index contributed by atoms with van der Waals surface area (Å²) < 4.78 is 4.66. The van der Waals surface area contributed by atoms with Gasteiger partial charge in [-0.25, -0.2) is 4.79 Å². The van der Waals surface area contributed by atoms with E-state index in [1.165, 1.54) is 6.07 Å². The van der Waals surface area contributed by atoms with Gasteiger partial charge in [-0.2, -0.15) is 5.10 Å². The van der Waals surface area contributed by atoms with Gasteiger partial charge in [-0.15, -0.1) is 0 Å². The summed E-state index contributed by atoms with van der Waals surface area (Å²) in [5.74, 6) is -0.458. The molecule has 1 aromatic rings.